The van der Waals surface area contributed by atoms with E-state index in [-0.39, 0.29) is 12.2 Å². The maximum atomic E-state index is 6.07. The molecule has 0 amide bonds. The van der Waals surface area contributed by atoms with Crippen LogP contribution >= 0.6 is 0 Å². The van der Waals surface area contributed by atoms with Crippen molar-refractivity contribution in [3.8, 4) is 5.75 Å². The number of nitrogens with zero attached hydrogens (tertiary/aromatic N) is 7. The van der Waals surface area contributed by atoms with Crippen molar-refractivity contribution < 1.29 is 9.47 Å². The van der Waals surface area contributed by atoms with E-state index in [9.17, 15) is 0 Å². The second-order valence-corrected chi connectivity index (χ2v) is 12.7. The predicted molar refractivity (Wildman–Crippen MR) is 197 cm³/mol. The first-order valence-electron chi connectivity index (χ1n) is 16.2. The Kier molecular flexibility index (Phi) is 9.44. The third-order valence-corrected chi connectivity index (χ3v) is 8.15. The molecule has 2 aromatic carbocycles. The Morgan fingerprint density at radius 1 is 1.06 bits per heavy atom. The largest absolute Gasteiger partial charge is 0.494 e. The minimum atomic E-state index is 0.0947. The zero-order valence-electron chi connectivity index (χ0n) is 28.9. The van der Waals surface area contributed by atoms with E-state index in [2.05, 4.69) is 81.4 Å². The van der Waals surface area contributed by atoms with Gasteiger partial charge in [-0.05, 0) is 49.6 Å². The van der Waals surface area contributed by atoms with Crippen molar-refractivity contribution in [2.24, 2.45) is 10.9 Å². The van der Waals surface area contributed by atoms with Crippen LogP contribution < -0.4 is 25.2 Å². The summed E-state index contributed by atoms with van der Waals surface area (Å²) < 4.78 is 12.1. The number of ether oxygens (including phenoxy) is 2. The molecule has 48 heavy (non-hydrogen) atoms. The lowest BCUT2D eigenvalue weighted by Gasteiger charge is -2.38. The summed E-state index contributed by atoms with van der Waals surface area (Å²) >= 11 is 0. The fourth-order valence-electron chi connectivity index (χ4n) is 6.32. The topological polar surface area (TPSA) is 129 Å². The monoisotopic (exact) mass is 648 g/mol. The Balaban J connectivity index is 1.45. The lowest BCUT2D eigenvalue weighted by molar-refractivity contribution is -0.00523. The van der Waals surface area contributed by atoms with Crippen molar-refractivity contribution in [1.82, 2.24) is 24.9 Å². The summed E-state index contributed by atoms with van der Waals surface area (Å²) in [6, 6.07) is 10.1. The molecular formula is C36H44N10O2. The number of allylic oxidation sites excluding steroid dienone is 2. The zero-order chi connectivity index (χ0) is 33.9. The molecule has 0 radical (unpaired) electrons. The summed E-state index contributed by atoms with van der Waals surface area (Å²) in [6.45, 7) is 10.1. The van der Waals surface area contributed by atoms with E-state index in [1.165, 1.54) is 0 Å². The van der Waals surface area contributed by atoms with Gasteiger partial charge in [-0.3, -0.25) is 15.0 Å². The van der Waals surface area contributed by atoms with Crippen LogP contribution in [0, 0.1) is 5.92 Å². The number of aromatic nitrogens is 5. The highest BCUT2D eigenvalue weighted by atomic mass is 16.5. The highest BCUT2D eigenvalue weighted by molar-refractivity contribution is 6.12. The van der Waals surface area contributed by atoms with Gasteiger partial charge in [0.2, 0.25) is 5.95 Å². The molecule has 2 atom stereocenters. The van der Waals surface area contributed by atoms with Gasteiger partial charge in [-0.25, -0.2) is 0 Å². The predicted octanol–water partition coefficient (Wildman–Crippen LogP) is 6.82. The van der Waals surface area contributed by atoms with Gasteiger partial charge in [-0.1, -0.05) is 19.9 Å². The van der Waals surface area contributed by atoms with E-state index in [1.54, 1.807) is 26.6 Å². The van der Waals surface area contributed by atoms with E-state index >= 15 is 0 Å². The molecule has 0 bridgehead atoms. The van der Waals surface area contributed by atoms with Gasteiger partial charge in [0.1, 0.15) is 22.7 Å². The van der Waals surface area contributed by atoms with Gasteiger partial charge in [0, 0.05) is 76.4 Å². The fourth-order valence-corrected chi connectivity index (χ4v) is 6.32. The molecule has 1 fully saturated rings. The Bertz CT molecular complexity index is 1970. The number of H-pyrrole nitrogens is 1. The van der Waals surface area contributed by atoms with Gasteiger partial charge in [0.15, 0.2) is 0 Å². The normalized spacial score (nSPS) is 17.1. The molecule has 250 valence electrons. The molecule has 5 aromatic rings. The highest BCUT2D eigenvalue weighted by Gasteiger charge is 2.27. The number of hydrogen-bond acceptors (Lipinski definition) is 11. The van der Waals surface area contributed by atoms with Gasteiger partial charge in [0.25, 0.3) is 0 Å². The Labute approximate surface area is 281 Å². The van der Waals surface area contributed by atoms with Gasteiger partial charge in [-0.2, -0.15) is 9.97 Å². The standard InChI is InChI=1S/C36H44N10O2/c1-21(2)15-24(18-37-5)26-16-29(31(47-8)17-30(26)46-19-22(3)48-23(4)20-46)42-36-43-34-25(11-12-40-34)35(44-36)41-28-10-9-27-32(33(28)45(6)7)39-14-13-38-27/h9-18,21-23H,19-20H2,1-8H3,(H3,40,41,42,43,44)/b24-15+,37-18-/t22-,23+. The van der Waals surface area contributed by atoms with E-state index in [0.29, 0.717) is 29.1 Å². The van der Waals surface area contributed by atoms with Crippen LogP contribution in [0.25, 0.3) is 27.6 Å². The zero-order valence-corrected chi connectivity index (χ0v) is 28.9. The first-order valence-corrected chi connectivity index (χ1v) is 16.2. The van der Waals surface area contributed by atoms with E-state index in [4.69, 9.17) is 19.4 Å². The molecule has 0 aliphatic carbocycles. The van der Waals surface area contributed by atoms with Crippen molar-refractivity contribution in [3.05, 3.63) is 60.6 Å². The summed E-state index contributed by atoms with van der Waals surface area (Å²) in [5.74, 6) is 2.03. The quantitative estimate of drug-likeness (QED) is 0.139. The van der Waals surface area contributed by atoms with Gasteiger partial charge >= 0.3 is 0 Å². The number of fused-ring (bicyclic) bond motifs is 2. The second-order valence-electron chi connectivity index (χ2n) is 12.7. The molecule has 12 nitrogen and oxygen atoms in total. The first kappa shape index (κ1) is 32.7. The number of benzene rings is 2. The number of anilines is 6. The average molecular weight is 649 g/mol. The summed E-state index contributed by atoms with van der Waals surface area (Å²) in [6.07, 6.45) is 9.60. The van der Waals surface area contributed by atoms with Crippen LogP contribution in [0.1, 0.15) is 33.3 Å². The Morgan fingerprint density at radius 2 is 1.83 bits per heavy atom. The van der Waals surface area contributed by atoms with Crippen LogP contribution in [-0.2, 0) is 4.74 Å². The molecule has 12 heteroatoms. The number of morpholine rings is 1. The van der Waals surface area contributed by atoms with E-state index < -0.39 is 0 Å². The third kappa shape index (κ3) is 6.75. The maximum Gasteiger partial charge on any atom is 0.231 e. The van der Waals surface area contributed by atoms with Gasteiger partial charge in [-0.15, -0.1) is 0 Å². The summed E-state index contributed by atoms with van der Waals surface area (Å²) in [4.78, 5) is 31.0. The molecule has 4 heterocycles. The number of rotatable bonds is 10. The Hall–Kier alpha value is -5.23. The van der Waals surface area contributed by atoms with E-state index in [1.807, 2.05) is 49.6 Å². The molecule has 0 saturated carbocycles. The maximum absolute atomic E-state index is 6.07. The lowest BCUT2D eigenvalue weighted by atomic mass is 9.98. The smallest absolute Gasteiger partial charge is 0.231 e. The van der Waals surface area contributed by atoms with Crippen LogP contribution in [0.2, 0.25) is 0 Å². The van der Waals surface area contributed by atoms with Crippen molar-refractivity contribution in [2.75, 3.05) is 61.8 Å². The number of hydrogen-bond donors (Lipinski definition) is 3. The first-order chi connectivity index (χ1) is 23.1. The van der Waals surface area contributed by atoms with Crippen molar-refractivity contribution >= 4 is 68.4 Å². The molecule has 0 spiro atoms. The molecule has 1 aliphatic heterocycles. The second kappa shape index (κ2) is 13.9. The average Bonchev–Trinajstić information content (AvgIpc) is 3.52. The third-order valence-electron chi connectivity index (χ3n) is 8.15. The lowest BCUT2D eigenvalue weighted by Crippen LogP contribution is -2.45. The van der Waals surface area contributed by atoms with Crippen molar-refractivity contribution in [1.29, 1.82) is 0 Å². The van der Waals surface area contributed by atoms with Crippen molar-refractivity contribution in [3.63, 3.8) is 0 Å². The number of nitrogens with one attached hydrogen (secondary N) is 3. The minimum Gasteiger partial charge on any atom is -0.494 e. The molecule has 1 saturated heterocycles. The molecular weight excluding hydrogens is 604 g/mol. The highest BCUT2D eigenvalue weighted by Crippen LogP contribution is 2.40. The van der Waals surface area contributed by atoms with Crippen LogP contribution in [0.4, 0.5) is 34.5 Å². The Morgan fingerprint density at radius 3 is 2.54 bits per heavy atom. The van der Waals surface area contributed by atoms with Crippen LogP contribution in [0.15, 0.2) is 60.0 Å². The number of aromatic amines is 1. The van der Waals surface area contributed by atoms with Crippen molar-refractivity contribution in [2.45, 2.75) is 39.9 Å². The summed E-state index contributed by atoms with van der Waals surface area (Å²) in [5, 5.41) is 7.89. The SMILES string of the molecule is C/N=C\C(=C/C(C)C)c1cc(Nc2nc(Nc3ccc4nccnc4c3N(C)C)c3cc[nH]c3n2)c(OC)cc1N1C[C@@H](C)O[C@@H](C)C1. The van der Waals surface area contributed by atoms with Crippen LogP contribution in [0.5, 0.6) is 5.75 Å². The van der Waals surface area contributed by atoms with Crippen LogP contribution in [0.3, 0.4) is 0 Å². The molecule has 3 N–H and O–H groups in total. The summed E-state index contributed by atoms with van der Waals surface area (Å²) in [5.41, 5.74) is 7.91. The minimum absolute atomic E-state index is 0.0947. The molecule has 1 aliphatic rings. The van der Waals surface area contributed by atoms with Crippen LogP contribution in [-0.4, -0.2) is 84.7 Å². The molecule has 0 unspecified atom stereocenters. The molecule has 6 rings (SSSR count). The molecule has 3 aromatic heterocycles. The fraction of sp³-hybridized carbons (Fsp3) is 0.361. The van der Waals surface area contributed by atoms with E-state index in [0.717, 1.165) is 63.4 Å². The van der Waals surface area contributed by atoms with Gasteiger partial charge in [0.05, 0.1) is 47.3 Å². The van der Waals surface area contributed by atoms with Gasteiger partial charge < -0.3 is 34.9 Å². The number of methoxy groups -OCH3 is 1. The number of aliphatic imine (C=N–C) groups is 1. The summed E-state index contributed by atoms with van der Waals surface area (Å²) in [7, 11) is 7.46.